The topological polar surface area (TPSA) is 15.3 Å². The number of hydrogen-bond donors (Lipinski definition) is 1. The maximum atomic E-state index is 3.64. The normalized spacial score (nSPS) is 31.3. The molecule has 2 heteroatoms. The van der Waals surface area contributed by atoms with Crippen molar-refractivity contribution < 1.29 is 0 Å². The van der Waals surface area contributed by atoms with Crippen LogP contribution >= 0.6 is 0 Å². The van der Waals surface area contributed by atoms with Crippen LogP contribution in [0.2, 0.25) is 0 Å². The minimum atomic E-state index is 0.717. The molecule has 0 amide bonds. The van der Waals surface area contributed by atoms with E-state index in [1.165, 1.54) is 51.6 Å². The molecule has 18 heavy (non-hydrogen) atoms. The van der Waals surface area contributed by atoms with Crippen molar-refractivity contribution in [2.45, 2.75) is 71.4 Å². The second kappa shape index (κ2) is 6.91. The predicted octanol–water partition coefficient (Wildman–Crippen LogP) is 3.28. The maximum Gasteiger partial charge on any atom is 0.0195 e. The molecule has 1 aliphatic heterocycles. The zero-order valence-corrected chi connectivity index (χ0v) is 12.6. The molecule has 1 heterocycles. The van der Waals surface area contributed by atoms with Gasteiger partial charge in [-0.1, -0.05) is 26.7 Å². The highest BCUT2D eigenvalue weighted by molar-refractivity contribution is 4.90. The number of nitrogens with one attached hydrogen (secondary N) is 1. The molecule has 106 valence electrons. The van der Waals surface area contributed by atoms with Gasteiger partial charge in [0.05, 0.1) is 0 Å². The summed E-state index contributed by atoms with van der Waals surface area (Å²) in [5.41, 5.74) is 0. The van der Waals surface area contributed by atoms with Crippen LogP contribution in [-0.2, 0) is 0 Å². The summed E-state index contributed by atoms with van der Waals surface area (Å²) in [4.78, 5) is 2.82. The summed E-state index contributed by atoms with van der Waals surface area (Å²) in [6.07, 6.45) is 8.81. The second-order valence-corrected chi connectivity index (χ2v) is 6.89. The predicted molar refractivity (Wildman–Crippen MR) is 78.9 cm³/mol. The molecule has 0 aromatic heterocycles. The van der Waals surface area contributed by atoms with Crippen molar-refractivity contribution in [3.8, 4) is 0 Å². The lowest BCUT2D eigenvalue weighted by Gasteiger charge is -2.47. The van der Waals surface area contributed by atoms with Crippen molar-refractivity contribution in [3.63, 3.8) is 0 Å². The van der Waals surface area contributed by atoms with Crippen molar-refractivity contribution in [1.82, 2.24) is 10.2 Å². The molecule has 1 saturated heterocycles. The van der Waals surface area contributed by atoms with Crippen molar-refractivity contribution in [2.24, 2.45) is 11.8 Å². The van der Waals surface area contributed by atoms with E-state index in [0.29, 0.717) is 0 Å². The molecule has 0 spiro atoms. The SMILES string of the molecule is CC(C)CNCC(C)N1CCCC2CCCCC21. The fraction of sp³-hybridized carbons (Fsp3) is 1.00. The summed E-state index contributed by atoms with van der Waals surface area (Å²) in [5, 5.41) is 3.64. The minimum absolute atomic E-state index is 0.717. The first-order chi connectivity index (χ1) is 8.68. The van der Waals surface area contributed by atoms with Gasteiger partial charge in [0, 0.05) is 18.6 Å². The molecular weight excluding hydrogens is 220 g/mol. The largest absolute Gasteiger partial charge is 0.315 e. The van der Waals surface area contributed by atoms with E-state index in [0.717, 1.165) is 30.5 Å². The lowest BCUT2D eigenvalue weighted by Crippen LogP contribution is -2.53. The Hall–Kier alpha value is -0.0800. The number of likely N-dealkylation sites (tertiary alicyclic amines) is 1. The van der Waals surface area contributed by atoms with Crippen LogP contribution in [0.5, 0.6) is 0 Å². The number of hydrogen-bond acceptors (Lipinski definition) is 2. The van der Waals surface area contributed by atoms with Gasteiger partial charge >= 0.3 is 0 Å². The summed E-state index contributed by atoms with van der Waals surface area (Å²) in [6.45, 7) is 10.7. The minimum Gasteiger partial charge on any atom is -0.315 e. The summed E-state index contributed by atoms with van der Waals surface area (Å²) in [7, 11) is 0. The molecule has 2 aliphatic rings. The summed E-state index contributed by atoms with van der Waals surface area (Å²) >= 11 is 0. The van der Waals surface area contributed by atoms with Gasteiger partial charge in [0.2, 0.25) is 0 Å². The van der Waals surface area contributed by atoms with Gasteiger partial charge in [0.25, 0.3) is 0 Å². The van der Waals surface area contributed by atoms with Crippen molar-refractivity contribution in [2.75, 3.05) is 19.6 Å². The second-order valence-electron chi connectivity index (χ2n) is 6.89. The van der Waals surface area contributed by atoms with Crippen LogP contribution in [0.25, 0.3) is 0 Å². The zero-order chi connectivity index (χ0) is 13.0. The smallest absolute Gasteiger partial charge is 0.0195 e. The van der Waals surface area contributed by atoms with Crippen molar-refractivity contribution in [1.29, 1.82) is 0 Å². The highest BCUT2D eigenvalue weighted by Crippen LogP contribution is 2.36. The average molecular weight is 252 g/mol. The van der Waals surface area contributed by atoms with Crippen LogP contribution in [0.4, 0.5) is 0 Å². The Labute approximate surface area is 114 Å². The molecule has 1 saturated carbocycles. The van der Waals surface area contributed by atoms with Crippen LogP contribution in [0, 0.1) is 11.8 Å². The standard InChI is InChI=1S/C16H32N2/c1-13(2)11-17-12-14(3)18-10-6-8-15-7-4-5-9-16(15)18/h13-17H,4-12H2,1-3H3. The van der Waals surface area contributed by atoms with Gasteiger partial charge < -0.3 is 5.32 Å². The van der Waals surface area contributed by atoms with E-state index in [1.807, 2.05) is 0 Å². The fourth-order valence-electron chi connectivity index (χ4n) is 3.91. The van der Waals surface area contributed by atoms with Crippen LogP contribution in [0.15, 0.2) is 0 Å². The van der Waals surface area contributed by atoms with Gasteiger partial charge in [0.15, 0.2) is 0 Å². The van der Waals surface area contributed by atoms with Crippen LogP contribution in [0.3, 0.4) is 0 Å². The van der Waals surface area contributed by atoms with E-state index in [4.69, 9.17) is 0 Å². The van der Waals surface area contributed by atoms with E-state index >= 15 is 0 Å². The highest BCUT2D eigenvalue weighted by atomic mass is 15.2. The number of piperidine rings is 1. The molecular formula is C16H32N2. The van der Waals surface area contributed by atoms with Gasteiger partial charge in [-0.15, -0.1) is 0 Å². The molecule has 3 atom stereocenters. The van der Waals surface area contributed by atoms with Crippen LogP contribution in [0.1, 0.15) is 59.3 Å². The van der Waals surface area contributed by atoms with E-state index in [9.17, 15) is 0 Å². The summed E-state index contributed by atoms with van der Waals surface area (Å²) < 4.78 is 0. The first-order valence-corrected chi connectivity index (χ1v) is 8.15. The summed E-state index contributed by atoms with van der Waals surface area (Å²) in [6, 6.07) is 1.62. The molecule has 2 nitrogen and oxygen atoms in total. The van der Waals surface area contributed by atoms with Crippen LogP contribution in [-0.4, -0.2) is 36.6 Å². The average Bonchev–Trinajstić information content (AvgIpc) is 2.37. The van der Waals surface area contributed by atoms with Crippen molar-refractivity contribution in [3.05, 3.63) is 0 Å². The third-order valence-electron chi connectivity index (χ3n) is 4.84. The molecule has 3 unspecified atom stereocenters. The van der Waals surface area contributed by atoms with E-state index in [2.05, 4.69) is 31.0 Å². The molecule has 1 aliphatic carbocycles. The summed E-state index contributed by atoms with van der Waals surface area (Å²) in [5.74, 6) is 1.78. The van der Waals surface area contributed by atoms with Gasteiger partial charge in [-0.05, 0) is 57.5 Å². The monoisotopic (exact) mass is 252 g/mol. The Morgan fingerprint density at radius 2 is 1.72 bits per heavy atom. The Bertz CT molecular complexity index is 237. The van der Waals surface area contributed by atoms with E-state index < -0.39 is 0 Å². The van der Waals surface area contributed by atoms with Gasteiger partial charge in [-0.2, -0.15) is 0 Å². The molecule has 0 radical (unpaired) electrons. The van der Waals surface area contributed by atoms with Crippen LogP contribution < -0.4 is 5.32 Å². The lowest BCUT2D eigenvalue weighted by atomic mass is 9.78. The highest BCUT2D eigenvalue weighted by Gasteiger charge is 2.34. The number of fused-ring (bicyclic) bond motifs is 1. The third-order valence-corrected chi connectivity index (χ3v) is 4.84. The molecule has 0 aromatic rings. The first-order valence-electron chi connectivity index (χ1n) is 8.15. The molecule has 0 aromatic carbocycles. The van der Waals surface area contributed by atoms with Gasteiger partial charge in [-0.3, -0.25) is 4.90 Å². The third kappa shape index (κ3) is 3.71. The molecule has 0 bridgehead atoms. The Morgan fingerprint density at radius 1 is 1.00 bits per heavy atom. The molecule has 2 fully saturated rings. The Morgan fingerprint density at radius 3 is 2.50 bits per heavy atom. The Kier molecular flexibility index (Phi) is 5.50. The van der Waals surface area contributed by atoms with Gasteiger partial charge in [0.1, 0.15) is 0 Å². The number of rotatable bonds is 5. The fourth-order valence-corrected chi connectivity index (χ4v) is 3.91. The van der Waals surface area contributed by atoms with E-state index in [1.54, 1.807) is 0 Å². The van der Waals surface area contributed by atoms with Crippen molar-refractivity contribution >= 4 is 0 Å². The molecule has 2 rings (SSSR count). The zero-order valence-electron chi connectivity index (χ0n) is 12.6. The molecule has 1 N–H and O–H groups in total. The van der Waals surface area contributed by atoms with E-state index in [-0.39, 0.29) is 0 Å². The Balaban J connectivity index is 1.81. The quantitative estimate of drug-likeness (QED) is 0.808. The lowest BCUT2D eigenvalue weighted by molar-refractivity contribution is 0.0314. The van der Waals surface area contributed by atoms with Gasteiger partial charge in [-0.25, -0.2) is 0 Å². The maximum absolute atomic E-state index is 3.64. The number of nitrogens with zero attached hydrogens (tertiary/aromatic N) is 1. The first kappa shape index (κ1) is 14.3.